The van der Waals surface area contributed by atoms with Gasteiger partial charge in [-0.2, -0.15) is 0 Å². The van der Waals surface area contributed by atoms with Gasteiger partial charge in [-0.3, -0.25) is 9.59 Å². The molecule has 0 spiro atoms. The molecule has 32 heavy (non-hydrogen) atoms. The van der Waals surface area contributed by atoms with Crippen molar-refractivity contribution in [1.29, 1.82) is 0 Å². The molecule has 2 atom stereocenters. The number of rotatable bonds is 10. The first kappa shape index (κ1) is 25.7. The van der Waals surface area contributed by atoms with Crippen molar-refractivity contribution >= 4 is 17.8 Å². The van der Waals surface area contributed by atoms with E-state index in [9.17, 15) is 14.4 Å². The lowest BCUT2D eigenvalue weighted by atomic mass is 10.0. The molecule has 1 aliphatic heterocycles. The van der Waals surface area contributed by atoms with Gasteiger partial charge in [0.05, 0.1) is 0 Å². The van der Waals surface area contributed by atoms with E-state index in [2.05, 4.69) is 17.6 Å². The number of hydrogen-bond acceptors (Lipinski definition) is 3. The second kappa shape index (κ2) is 13.1. The third-order valence-electron chi connectivity index (χ3n) is 5.79. The van der Waals surface area contributed by atoms with Crippen molar-refractivity contribution in [2.45, 2.75) is 84.3 Å². The first-order valence-corrected chi connectivity index (χ1v) is 12.0. The fourth-order valence-electron chi connectivity index (χ4n) is 4.04. The number of nitrogens with one attached hydrogen (secondary N) is 2. The average molecular weight is 445 g/mol. The van der Waals surface area contributed by atoms with Gasteiger partial charge in [0.1, 0.15) is 6.04 Å². The van der Waals surface area contributed by atoms with Crippen molar-refractivity contribution in [2.24, 2.45) is 0 Å². The van der Waals surface area contributed by atoms with Gasteiger partial charge < -0.3 is 20.4 Å². The number of piperazine rings is 1. The summed E-state index contributed by atoms with van der Waals surface area (Å²) in [5.41, 5.74) is 1.01. The molecule has 0 radical (unpaired) electrons. The van der Waals surface area contributed by atoms with Crippen molar-refractivity contribution in [3.8, 4) is 0 Å². The molecule has 1 aliphatic rings. The molecule has 2 rings (SSSR count). The van der Waals surface area contributed by atoms with Gasteiger partial charge in [0.25, 0.3) is 0 Å². The van der Waals surface area contributed by atoms with Gasteiger partial charge in [-0.1, -0.05) is 56.5 Å². The van der Waals surface area contributed by atoms with Crippen LogP contribution in [0, 0.1) is 0 Å². The zero-order valence-corrected chi connectivity index (χ0v) is 20.1. The molecule has 7 heteroatoms. The lowest BCUT2D eigenvalue weighted by Gasteiger charge is -2.41. The van der Waals surface area contributed by atoms with Crippen molar-refractivity contribution in [3.05, 3.63) is 35.9 Å². The van der Waals surface area contributed by atoms with Crippen LogP contribution in [0.15, 0.2) is 30.3 Å². The van der Waals surface area contributed by atoms with Crippen LogP contribution in [0.2, 0.25) is 0 Å². The summed E-state index contributed by atoms with van der Waals surface area (Å²) in [6.07, 6.45) is 5.01. The Morgan fingerprint density at radius 1 is 1.03 bits per heavy atom. The molecule has 2 N–H and O–H groups in total. The number of urea groups is 1. The van der Waals surface area contributed by atoms with Gasteiger partial charge in [0, 0.05) is 44.6 Å². The molecular formula is C25H40N4O3. The Bertz CT molecular complexity index is 738. The normalized spacial score (nSPS) is 17.2. The molecule has 7 nitrogen and oxygen atoms in total. The molecule has 0 aliphatic carbocycles. The van der Waals surface area contributed by atoms with Crippen LogP contribution in [0.5, 0.6) is 0 Å². The Kier molecular flexibility index (Phi) is 10.5. The Morgan fingerprint density at radius 2 is 1.75 bits per heavy atom. The number of unbranched alkanes of at least 4 members (excludes halogenated alkanes) is 3. The molecule has 1 saturated heterocycles. The number of nitrogens with zero attached hydrogens (tertiary/aromatic N) is 2. The average Bonchev–Trinajstić information content (AvgIpc) is 2.76. The van der Waals surface area contributed by atoms with E-state index in [0.717, 1.165) is 31.2 Å². The molecule has 178 valence electrons. The zero-order valence-electron chi connectivity index (χ0n) is 20.1. The minimum Gasteiger partial charge on any atom is -0.344 e. The van der Waals surface area contributed by atoms with Gasteiger partial charge in [-0.05, 0) is 32.8 Å². The second-order valence-electron chi connectivity index (χ2n) is 9.05. The van der Waals surface area contributed by atoms with Crippen LogP contribution in [-0.4, -0.2) is 65.4 Å². The minimum absolute atomic E-state index is 0.0668. The molecular weight excluding hydrogens is 404 g/mol. The summed E-state index contributed by atoms with van der Waals surface area (Å²) in [6.45, 7) is 9.37. The number of carbonyl (C=O) groups is 3. The van der Waals surface area contributed by atoms with Crippen molar-refractivity contribution < 1.29 is 14.4 Å². The first-order valence-electron chi connectivity index (χ1n) is 12.0. The van der Waals surface area contributed by atoms with Gasteiger partial charge in [-0.15, -0.1) is 0 Å². The minimum atomic E-state index is -0.598. The lowest BCUT2D eigenvalue weighted by Crippen LogP contribution is -2.61. The fraction of sp³-hybridized carbons (Fsp3) is 0.640. The number of benzene rings is 1. The van der Waals surface area contributed by atoms with E-state index in [1.165, 1.54) is 0 Å². The summed E-state index contributed by atoms with van der Waals surface area (Å²) in [5, 5.41) is 5.91. The lowest BCUT2D eigenvalue weighted by molar-refractivity contribution is -0.138. The van der Waals surface area contributed by atoms with Crippen molar-refractivity contribution in [3.63, 3.8) is 0 Å². The third-order valence-corrected chi connectivity index (χ3v) is 5.79. The Balaban J connectivity index is 2.02. The molecule has 0 saturated carbocycles. The highest BCUT2D eigenvalue weighted by molar-refractivity contribution is 5.88. The van der Waals surface area contributed by atoms with Crippen LogP contribution in [0.1, 0.15) is 65.4 Å². The van der Waals surface area contributed by atoms with Crippen LogP contribution in [0.4, 0.5) is 4.79 Å². The summed E-state index contributed by atoms with van der Waals surface area (Å²) in [5.74, 6) is -0.148. The molecule has 1 aromatic carbocycles. The summed E-state index contributed by atoms with van der Waals surface area (Å²) in [6, 6.07) is 9.06. The smallest absolute Gasteiger partial charge is 0.317 e. The molecule has 1 heterocycles. The number of hydrogen-bond donors (Lipinski definition) is 2. The predicted molar refractivity (Wildman–Crippen MR) is 127 cm³/mol. The SMILES string of the molecule is CCCCCCC(=O)NC(Cc1ccccc1)C(=O)N1CCN(C(=O)NC(C)C)C(C)C1. The van der Waals surface area contributed by atoms with E-state index in [0.29, 0.717) is 32.5 Å². The largest absolute Gasteiger partial charge is 0.344 e. The van der Waals surface area contributed by atoms with Crippen LogP contribution < -0.4 is 10.6 Å². The highest BCUT2D eigenvalue weighted by Crippen LogP contribution is 2.14. The maximum absolute atomic E-state index is 13.4. The van der Waals surface area contributed by atoms with Gasteiger partial charge in [0.2, 0.25) is 11.8 Å². The molecule has 2 unspecified atom stereocenters. The number of amides is 4. The Labute approximate surface area is 192 Å². The van der Waals surface area contributed by atoms with E-state index in [4.69, 9.17) is 0 Å². The van der Waals surface area contributed by atoms with Crippen molar-refractivity contribution in [2.75, 3.05) is 19.6 Å². The maximum Gasteiger partial charge on any atom is 0.317 e. The second-order valence-corrected chi connectivity index (χ2v) is 9.05. The highest BCUT2D eigenvalue weighted by Gasteiger charge is 2.33. The first-order chi connectivity index (χ1) is 15.3. The van der Waals surface area contributed by atoms with Crippen molar-refractivity contribution in [1.82, 2.24) is 20.4 Å². The quantitative estimate of drug-likeness (QED) is 0.543. The summed E-state index contributed by atoms with van der Waals surface area (Å²) in [4.78, 5) is 41.9. The van der Waals surface area contributed by atoms with Crippen LogP contribution in [-0.2, 0) is 16.0 Å². The molecule has 4 amide bonds. The Morgan fingerprint density at radius 3 is 2.38 bits per heavy atom. The molecule has 1 aromatic rings. The van der Waals surface area contributed by atoms with E-state index in [-0.39, 0.29) is 29.9 Å². The van der Waals surface area contributed by atoms with E-state index in [1.807, 2.05) is 51.1 Å². The molecule has 0 aromatic heterocycles. The van der Waals surface area contributed by atoms with Crippen LogP contribution in [0.25, 0.3) is 0 Å². The highest BCUT2D eigenvalue weighted by atomic mass is 16.2. The van der Waals surface area contributed by atoms with E-state index in [1.54, 1.807) is 9.80 Å². The van der Waals surface area contributed by atoms with Gasteiger partial charge in [0.15, 0.2) is 0 Å². The summed E-state index contributed by atoms with van der Waals surface area (Å²) < 4.78 is 0. The Hall–Kier alpha value is -2.57. The third kappa shape index (κ3) is 8.17. The van der Waals surface area contributed by atoms with E-state index >= 15 is 0 Å². The summed E-state index contributed by atoms with van der Waals surface area (Å²) >= 11 is 0. The fourth-order valence-corrected chi connectivity index (χ4v) is 4.04. The monoisotopic (exact) mass is 444 g/mol. The zero-order chi connectivity index (χ0) is 23.5. The van der Waals surface area contributed by atoms with Gasteiger partial charge >= 0.3 is 6.03 Å². The predicted octanol–water partition coefficient (Wildman–Crippen LogP) is 3.34. The topological polar surface area (TPSA) is 81.8 Å². The van der Waals surface area contributed by atoms with Crippen LogP contribution >= 0.6 is 0 Å². The maximum atomic E-state index is 13.4. The molecule has 0 bridgehead atoms. The summed E-state index contributed by atoms with van der Waals surface area (Å²) in [7, 11) is 0. The van der Waals surface area contributed by atoms with Gasteiger partial charge in [-0.25, -0.2) is 4.79 Å². The standard InChI is InChI=1S/C25H40N4O3/c1-5-6-7-11-14-23(30)27-22(17-21-12-9-8-10-13-21)24(31)28-15-16-29(20(4)18-28)25(32)26-19(2)3/h8-10,12-13,19-20,22H,5-7,11,14-18H2,1-4H3,(H,26,32)(H,27,30). The van der Waals surface area contributed by atoms with E-state index < -0.39 is 6.04 Å². The molecule has 1 fully saturated rings. The van der Waals surface area contributed by atoms with Crippen LogP contribution in [0.3, 0.4) is 0 Å². The number of carbonyl (C=O) groups excluding carboxylic acids is 3.